The Morgan fingerprint density at radius 2 is 1.84 bits per heavy atom. The molecule has 0 aromatic heterocycles. The lowest BCUT2D eigenvalue weighted by molar-refractivity contribution is -0.0494. The number of ether oxygens (including phenoxy) is 1. The summed E-state index contributed by atoms with van der Waals surface area (Å²) in [6, 6.07) is 0. The van der Waals surface area contributed by atoms with Crippen molar-refractivity contribution in [3.05, 3.63) is 9.47 Å². The monoisotopic (exact) mass is 392 g/mol. The van der Waals surface area contributed by atoms with E-state index in [9.17, 15) is 0 Å². The van der Waals surface area contributed by atoms with Crippen LogP contribution in [0, 0.1) is 29.1 Å². The number of allylic oxidation sites excluding steroid dienone is 1. The lowest BCUT2D eigenvalue weighted by Crippen LogP contribution is -2.36. The van der Waals surface area contributed by atoms with E-state index >= 15 is 0 Å². The topological polar surface area (TPSA) is 9.23 Å². The van der Waals surface area contributed by atoms with Crippen LogP contribution in [0.15, 0.2) is 9.47 Å². The normalized spacial score (nSPS) is 32.8. The predicted molar refractivity (Wildman–Crippen MR) is 88.6 cm³/mol. The van der Waals surface area contributed by atoms with Gasteiger partial charge in [0, 0.05) is 5.92 Å². The molecule has 0 aromatic rings. The largest absolute Gasteiger partial charge is 0.381 e. The fraction of sp³-hybridized carbons (Fsp3) is 0.875. The van der Waals surface area contributed by atoms with E-state index in [-0.39, 0.29) is 0 Å². The lowest BCUT2D eigenvalue weighted by atomic mass is 9.62. The van der Waals surface area contributed by atoms with Gasteiger partial charge in [0.25, 0.3) is 0 Å². The van der Waals surface area contributed by atoms with Crippen molar-refractivity contribution in [1.29, 1.82) is 0 Å². The fourth-order valence-electron chi connectivity index (χ4n) is 3.74. The van der Waals surface area contributed by atoms with E-state index in [1.165, 1.54) is 25.7 Å². The predicted octanol–water partition coefficient (Wildman–Crippen LogP) is 5.73. The van der Waals surface area contributed by atoms with Crippen LogP contribution in [0.5, 0.6) is 0 Å². The standard InChI is InChI=1S/C16H26Br2O/c1-16(2,3)14-7-11(6-12-9-19-10-12)4-5-13(14)8-15(17)18/h8,11-14H,4-7,9-10H2,1-3H3. The number of hydrogen-bond acceptors (Lipinski definition) is 1. The summed E-state index contributed by atoms with van der Waals surface area (Å²) >= 11 is 7.08. The molecule has 0 radical (unpaired) electrons. The first-order valence-corrected chi connectivity index (χ1v) is 9.05. The Balaban J connectivity index is 1.99. The Kier molecular flexibility index (Phi) is 5.58. The van der Waals surface area contributed by atoms with E-state index in [2.05, 4.69) is 58.7 Å². The highest BCUT2D eigenvalue weighted by atomic mass is 79.9. The van der Waals surface area contributed by atoms with E-state index in [1.807, 2.05) is 0 Å². The molecule has 1 saturated carbocycles. The molecule has 1 nitrogen and oxygen atoms in total. The SMILES string of the molecule is CC(C)(C)C1CC(CC2COC2)CCC1C=C(Br)Br. The van der Waals surface area contributed by atoms with Crippen LogP contribution in [-0.4, -0.2) is 13.2 Å². The molecule has 110 valence electrons. The maximum Gasteiger partial charge on any atom is 0.0567 e. The van der Waals surface area contributed by atoms with Crippen molar-refractivity contribution < 1.29 is 4.74 Å². The molecule has 0 amide bonds. The molecule has 1 saturated heterocycles. The van der Waals surface area contributed by atoms with Crippen molar-refractivity contribution >= 4 is 31.9 Å². The zero-order valence-corrected chi connectivity index (χ0v) is 15.5. The van der Waals surface area contributed by atoms with Gasteiger partial charge in [0.05, 0.1) is 16.6 Å². The van der Waals surface area contributed by atoms with Gasteiger partial charge in [0.15, 0.2) is 0 Å². The smallest absolute Gasteiger partial charge is 0.0567 e. The lowest BCUT2D eigenvalue weighted by Gasteiger charge is -2.44. The minimum atomic E-state index is 0.394. The molecule has 0 aromatic carbocycles. The van der Waals surface area contributed by atoms with Gasteiger partial charge in [0.2, 0.25) is 0 Å². The Hall–Kier alpha value is 0.660. The van der Waals surface area contributed by atoms with E-state index in [0.717, 1.165) is 34.4 Å². The molecule has 19 heavy (non-hydrogen) atoms. The van der Waals surface area contributed by atoms with Crippen molar-refractivity contribution in [1.82, 2.24) is 0 Å². The van der Waals surface area contributed by atoms with Gasteiger partial charge in [0.1, 0.15) is 0 Å². The minimum absolute atomic E-state index is 0.394. The summed E-state index contributed by atoms with van der Waals surface area (Å²) < 4.78 is 6.44. The zero-order valence-electron chi connectivity index (χ0n) is 12.3. The van der Waals surface area contributed by atoms with Gasteiger partial charge in [-0.1, -0.05) is 26.8 Å². The van der Waals surface area contributed by atoms with Gasteiger partial charge >= 0.3 is 0 Å². The van der Waals surface area contributed by atoms with Crippen LogP contribution in [0.2, 0.25) is 0 Å². The Labute approximate surface area is 134 Å². The number of rotatable bonds is 3. The maximum atomic E-state index is 5.32. The first-order chi connectivity index (χ1) is 8.86. The van der Waals surface area contributed by atoms with Crippen molar-refractivity contribution in [3.8, 4) is 0 Å². The molecule has 3 unspecified atom stereocenters. The highest BCUT2D eigenvalue weighted by Gasteiger charge is 2.37. The molecule has 3 heteroatoms. The van der Waals surface area contributed by atoms with Gasteiger partial charge < -0.3 is 4.74 Å². The second-order valence-electron chi connectivity index (χ2n) is 7.41. The quantitative estimate of drug-likeness (QED) is 0.594. The van der Waals surface area contributed by atoms with Crippen LogP contribution in [0.1, 0.15) is 46.5 Å². The zero-order chi connectivity index (χ0) is 14.0. The van der Waals surface area contributed by atoms with Crippen LogP contribution < -0.4 is 0 Å². The summed E-state index contributed by atoms with van der Waals surface area (Å²) in [6.07, 6.45) is 7.87. The van der Waals surface area contributed by atoms with Gasteiger partial charge in [-0.05, 0) is 80.7 Å². The molecule has 2 fully saturated rings. The molecule has 0 N–H and O–H groups in total. The third kappa shape index (κ3) is 4.57. The second-order valence-corrected chi connectivity index (χ2v) is 10.2. The molecule has 0 spiro atoms. The van der Waals surface area contributed by atoms with E-state index in [0.29, 0.717) is 11.3 Å². The van der Waals surface area contributed by atoms with Crippen molar-refractivity contribution in [2.45, 2.75) is 46.5 Å². The molecule has 3 atom stereocenters. The van der Waals surface area contributed by atoms with Crippen LogP contribution in [0.4, 0.5) is 0 Å². The third-order valence-electron chi connectivity index (χ3n) is 4.84. The molecule has 1 aliphatic heterocycles. The van der Waals surface area contributed by atoms with Gasteiger partial charge in [-0.15, -0.1) is 0 Å². The fourth-order valence-corrected chi connectivity index (χ4v) is 4.42. The van der Waals surface area contributed by atoms with Crippen molar-refractivity contribution in [3.63, 3.8) is 0 Å². The summed E-state index contributed by atoms with van der Waals surface area (Å²) in [4.78, 5) is 0. The van der Waals surface area contributed by atoms with Gasteiger partial charge in [-0.25, -0.2) is 0 Å². The second kappa shape index (κ2) is 6.62. The highest BCUT2D eigenvalue weighted by Crippen LogP contribution is 2.47. The van der Waals surface area contributed by atoms with Crippen LogP contribution in [0.3, 0.4) is 0 Å². The Bertz CT molecular complexity index is 324. The van der Waals surface area contributed by atoms with Crippen molar-refractivity contribution in [2.24, 2.45) is 29.1 Å². The Morgan fingerprint density at radius 1 is 1.16 bits per heavy atom. The first kappa shape index (κ1) is 16.0. The molecule has 1 heterocycles. The molecule has 2 aliphatic rings. The number of hydrogen-bond donors (Lipinski definition) is 0. The Morgan fingerprint density at radius 3 is 2.32 bits per heavy atom. The van der Waals surface area contributed by atoms with E-state index < -0.39 is 0 Å². The third-order valence-corrected chi connectivity index (χ3v) is 5.37. The maximum absolute atomic E-state index is 5.32. The van der Waals surface area contributed by atoms with E-state index in [4.69, 9.17) is 4.74 Å². The summed E-state index contributed by atoms with van der Waals surface area (Å²) in [5.74, 6) is 3.26. The van der Waals surface area contributed by atoms with Crippen LogP contribution in [0.25, 0.3) is 0 Å². The summed E-state index contributed by atoms with van der Waals surface area (Å²) in [5, 5.41) is 0. The first-order valence-electron chi connectivity index (χ1n) is 7.47. The molecule has 0 bridgehead atoms. The van der Waals surface area contributed by atoms with Crippen molar-refractivity contribution in [2.75, 3.05) is 13.2 Å². The van der Waals surface area contributed by atoms with Gasteiger partial charge in [-0.3, -0.25) is 0 Å². The van der Waals surface area contributed by atoms with Crippen LogP contribution >= 0.6 is 31.9 Å². The van der Waals surface area contributed by atoms with Gasteiger partial charge in [-0.2, -0.15) is 0 Å². The van der Waals surface area contributed by atoms with E-state index in [1.54, 1.807) is 0 Å². The molecular weight excluding hydrogens is 368 g/mol. The average Bonchev–Trinajstić information content (AvgIpc) is 2.22. The molecular formula is C16H26Br2O. The number of halogens is 2. The summed E-state index contributed by atoms with van der Waals surface area (Å²) in [7, 11) is 0. The average molecular weight is 394 g/mol. The molecule has 1 aliphatic carbocycles. The van der Waals surface area contributed by atoms with Crippen LogP contribution in [-0.2, 0) is 4.74 Å². The highest BCUT2D eigenvalue weighted by molar-refractivity contribution is 9.28. The molecule has 2 rings (SSSR count). The summed E-state index contributed by atoms with van der Waals surface area (Å²) in [5.41, 5.74) is 0.394. The summed E-state index contributed by atoms with van der Waals surface area (Å²) in [6.45, 7) is 9.21. The minimum Gasteiger partial charge on any atom is -0.381 e.